The number of benzene rings is 1. The molecule has 0 aromatic heterocycles. The first-order chi connectivity index (χ1) is 9.72. The van der Waals surface area contributed by atoms with Crippen LogP contribution < -0.4 is 5.73 Å². The molecule has 21 heavy (non-hydrogen) atoms. The number of thiocarbonyl (C=S) groups is 1. The molecule has 1 saturated heterocycles. The summed E-state index contributed by atoms with van der Waals surface area (Å²) < 4.78 is 26.7. The van der Waals surface area contributed by atoms with E-state index in [0.29, 0.717) is 37.9 Å². The van der Waals surface area contributed by atoms with Gasteiger partial charge in [-0.1, -0.05) is 24.4 Å². The van der Waals surface area contributed by atoms with Crippen molar-refractivity contribution in [2.75, 3.05) is 13.1 Å². The van der Waals surface area contributed by atoms with Crippen molar-refractivity contribution in [1.29, 1.82) is 0 Å². The average Bonchev–Trinajstić information content (AvgIpc) is 2.60. The number of aliphatic hydroxyl groups is 1. The van der Waals surface area contributed by atoms with Gasteiger partial charge in [-0.15, -0.1) is 0 Å². The zero-order valence-corrected chi connectivity index (χ0v) is 13.6. The van der Waals surface area contributed by atoms with Gasteiger partial charge in [0.05, 0.1) is 10.5 Å². The Morgan fingerprint density at radius 2 is 1.90 bits per heavy atom. The second-order valence-electron chi connectivity index (χ2n) is 5.64. The lowest BCUT2D eigenvalue weighted by molar-refractivity contribution is 0.0465. The van der Waals surface area contributed by atoms with Gasteiger partial charge in [0.2, 0.25) is 10.0 Å². The number of sulfonamides is 1. The summed E-state index contributed by atoms with van der Waals surface area (Å²) >= 11 is 4.86. The second kappa shape index (κ2) is 6.00. The molecule has 3 N–H and O–H groups in total. The summed E-state index contributed by atoms with van der Waals surface area (Å²) in [6.07, 6.45) is 1.70. The van der Waals surface area contributed by atoms with Crippen molar-refractivity contribution in [2.24, 2.45) is 5.73 Å². The van der Waals surface area contributed by atoms with E-state index in [0.717, 1.165) is 0 Å². The van der Waals surface area contributed by atoms with Crippen molar-refractivity contribution in [3.63, 3.8) is 0 Å². The van der Waals surface area contributed by atoms with Gasteiger partial charge in [-0.25, -0.2) is 8.42 Å². The first kappa shape index (κ1) is 16.4. The predicted octanol–water partition coefficient (Wildman–Crippen LogP) is 1.25. The molecule has 1 heterocycles. The fourth-order valence-electron chi connectivity index (χ4n) is 2.42. The zero-order valence-electron chi connectivity index (χ0n) is 11.9. The average molecular weight is 328 g/mol. The van der Waals surface area contributed by atoms with Gasteiger partial charge in [0.1, 0.15) is 4.99 Å². The Balaban J connectivity index is 2.23. The van der Waals surface area contributed by atoms with E-state index in [1.165, 1.54) is 16.4 Å². The highest BCUT2D eigenvalue weighted by Crippen LogP contribution is 2.25. The van der Waals surface area contributed by atoms with Crippen LogP contribution in [-0.4, -0.2) is 41.5 Å². The molecule has 0 amide bonds. The van der Waals surface area contributed by atoms with Crippen LogP contribution >= 0.6 is 12.2 Å². The quantitative estimate of drug-likeness (QED) is 0.816. The van der Waals surface area contributed by atoms with Crippen molar-refractivity contribution in [2.45, 2.75) is 36.7 Å². The summed E-state index contributed by atoms with van der Waals surface area (Å²) in [7, 11) is -3.54. The first-order valence-corrected chi connectivity index (χ1v) is 8.70. The lowest BCUT2D eigenvalue weighted by atomic mass is 9.98. The minimum Gasteiger partial charge on any atom is -0.390 e. The van der Waals surface area contributed by atoms with Crippen LogP contribution in [0.3, 0.4) is 0 Å². The van der Waals surface area contributed by atoms with E-state index in [-0.39, 0.29) is 9.88 Å². The monoisotopic (exact) mass is 328 g/mol. The minimum atomic E-state index is -3.54. The SMILES string of the molecule is CC1(O)CCCN(S(=O)(=O)c2ccc(C(N)=S)cc2)CC1. The van der Waals surface area contributed by atoms with Crippen LogP contribution in [0, 0.1) is 0 Å². The Morgan fingerprint density at radius 3 is 2.48 bits per heavy atom. The molecule has 0 saturated carbocycles. The number of nitrogens with zero attached hydrogens (tertiary/aromatic N) is 1. The molecular formula is C14H20N2O3S2. The standard InChI is InChI=1S/C14H20N2O3S2/c1-14(17)7-2-9-16(10-8-14)21(18,19)12-5-3-11(4-6-12)13(15)20/h3-6,17H,2,7-10H2,1H3,(H2,15,20). The van der Waals surface area contributed by atoms with E-state index in [1.807, 2.05) is 0 Å². The second-order valence-corrected chi connectivity index (χ2v) is 8.02. The third-order valence-electron chi connectivity index (χ3n) is 3.80. The fraction of sp³-hybridized carbons (Fsp3) is 0.500. The topological polar surface area (TPSA) is 83.6 Å². The largest absolute Gasteiger partial charge is 0.390 e. The van der Waals surface area contributed by atoms with Gasteiger partial charge < -0.3 is 10.8 Å². The van der Waals surface area contributed by atoms with E-state index in [4.69, 9.17) is 18.0 Å². The summed E-state index contributed by atoms with van der Waals surface area (Å²) in [5.74, 6) is 0. The van der Waals surface area contributed by atoms with Crippen LogP contribution in [0.25, 0.3) is 0 Å². The van der Waals surface area contributed by atoms with E-state index in [9.17, 15) is 13.5 Å². The highest BCUT2D eigenvalue weighted by atomic mass is 32.2. The van der Waals surface area contributed by atoms with Crippen LogP contribution in [0.2, 0.25) is 0 Å². The van der Waals surface area contributed by atoms with E-state index in [1.54, 1.807) is 19.1 Å². The van der Waals surface area contributed by atoms with Gasteiger partial charge >= 0.3 is 0 Å². The molecule has 1 unspecified atom stereocenters. The van der Waals surface area contributed by atoms with Gasteiger partial charge in [-0.3, -0.25) is 0 Å². The number of nitrogens with two attached hydrogens (primary N) is 1. The lowest BCUT2D eigenvalue weighted by Crippen LogP contribution is -2.33. The van der Waals surface area contributed by atoms with Crippen molar-refractivity contribution in [1.82, 2.24) is 4.31 Å². The molecule has 1 aliphatic rings. The third-order valence-corrected chi connectivity index (χ3v) is 5.95. The van der Waals surface area contributed by atoms with Gasteiger partial charge in [0.15, 0.2) is 0 Å². The van der Waals surface area contributed by atoms with Gasteiger partial charge in [-0.2, -0.15) is 4.31 Å². The van der Waals surface area contributed by atoms with E-state index >= 15 is 0 Å². The van der Waals surface area contributed by atoms with Crippen molar-refractivity contribution >= 4 is 27.2 Å². The predicted molar refractivity (Wildman–Crippen MR) is 85.6 cm³/mol. The fourth-order valence-corrected chi connectivity index (χ4v) is 4.03. The Labute approximate surface area is 130 Å². The molecule has 0 radical (unpaired) electrons. The normalized spacial score (nSPS) is 24.5. The maximum atomic E-state index is 12.6. The molecule has 0 spiro atoms. The molecule has 1 aromatic rings. The maximum Gasteiger partial charge on any atom is 0.243 e. The number of hydrogen-bond acceptors (Lipinski definition) is 4. The van der Waals surface area contributed by atoms with Crippen LogP contribution in [-0.2, 0) is 10.0 Å². The highest BCUT2D eigenvalue weighted by molar-refractivity contribution is 7.89. The number of hydrogen-bond donors (Lipinski definition) is 2. The van der Waals surface area contributed by atoms with E-state index in [2.05, 4.69) is 0 Å². The minimum absolute atomic E-state index is 0.226. The molecule has 2 rings (SSSR count). The molecule has 116 valence electrons. The molecule has 0 aliphatic carbocycles. The smallest absolute Gasteiger partial charge is 0.243 e. The molecule has 7 heteroatoms. The molecule has 5 nitrogen and oxygen atoms in total. The van der Waals surface area contributed by atoms with Crippen molar-refractivity contribution in [3.05, 3.63) is 29.8 Å². The van der Waals surface area contributed by atoms with Crippen LogP contribution in [0.15, 0.2) is 29.2 Å². The lowest BCUT2D eigenvalue weighted by Gasteiger charge is -2.22. The van der Waals surface area contributed by atoms with Crippen molar-refractivity contribution in [3.8, 4) is 0 Å². The molecular weight excluding hydrogens is 308 g/mol. The summed E-state index contributed by atoms with van der Waals surface area (Å²) in [5.41, 5.74) is 5.36. The Bertz CT molecular complexity index is 624. The van der Waals surface area contributed by atoms with Gasteiger partial charge in [0, 0.05) is 18.7 Å². The molecule has 1 aromatic carbocycles. The highest BCUT2D eigenvalue weighted by Gasteiger charge is 2.31. The molecule has 1 fully saturated rings. The van der Waals surface area contributed by atoms with Gasteiger partial charge in [-0.05, 0) is 38.3 Å². The zero-order chi connectivity index (χ0) is 15.7. The Hall–Kier alpha value is -1.02. The summed E-state index contributed by atoms with van der Waals surface area (Å²) in [4.78, 5) is 0.466. The Morgan fingerprint density at radius 1 is 1.29 bits per heavy atom. The maximum absolute atomic E-state index is 12.6. The summed E-state index contributed by atoms with van der Waals surface area (Å²) in [6.45, 7) is 2.50. The van der Waals surface area contributed by atoms with Gasteiger partial charge in [0.25, 0.3) is 0 Å². The van der Waals surface area contributed by atoms with E-state index < -0.39 is 15.6 Å². The molecule has 0 bridgehead atoms. The number of rotatable bonds is 3. The molecule has 1 aliphatic heterocycles. The van der Waals surface area contributed by atoms with Crippen molar-refractivity contribution < 1.29 is 13.5 Å². The van der Waals surface area contributed by atoms with Crippen LogP contribution in [0.5, 0.6) is 0 Å². The first-order valence-electron chi connectivity index (χ1n) is 6.85. The Kier molecular flexibility index (Phi) is 4.67. The third kappa shape index (κ3) is 3.79. The van der Waals surface area contributed by atoms with Crippen LogP contribution in [0.1, 0.15) is 31.7 Å². The van der Waals surface area contributed by atoms with Crippen LogP contribution in [0.4, 0.5) is 0 Å². The molecule has 1 atom stereocenters. The summed E-state index contributed by atoms with van der Waals surface area (Å²) in [5, 5.41) is 10.1. The summed E-state index contributed by atoms with van der Waals surface area (Å²) in [6, 6.07) is 6.27.